The van der Waals surface area contributed by atoms with E-state index in [1.54, 1.807) is 46.4 Å². The van der Waals surface area contributed by atoms with Gasteiger partial charge in [0.1, 0.15) is 52.6 Å². The van der Waals surface area contributed by atoms with Gasteiger partial charge in [-0.3, -0.25) is 15.1 Å². The Morgan fingerprint density at radius 3 is 2.30 bits per heavy atom. The highest BCUT2D eigenvalue weighted by atomic mass is 32.1. The molecule has 0 spiro atoms. The smallest absolute Gasteiger partial charge is 0.412 e. The topological polar surface area (TPSA) is 172 Å². The summed E-state index contributed by atoms with van der Waals surface area (Å²) >= 11 is 0.695. The minimum absolute atomic E-state index is 0.0450. The van der Waals surface area contributed by atoms with Crippen LogP contribution in [0.25, 0.3) is 32.1 Å². The number of nitriles is 1. The molecule has 3 amide bonds. The van der Waals surface area contributed by atoms with Gasteiger partial charge in [-0.05, 0) is 85.3 Å². The third-order valence-corrected chi connectivity index (χ3v) is 14.7. The molecule has 22 heteroatoms. The fraction of sp³-hybridized carbons (Fsp3) is 0.551. The Labute approximate surface area is 410 Å². The number of nitrogens with zero attached hydrogens (tertiary/aromatic N) is 7. The van der Waals surface area contributed by atoms with Gasteiger partial charge in [-0.2, -0.15) is 15.2 Å². The van der Waals surface area contributed by atoms with Crippen molar-refractivity contribution in [3.63, 3.8) is 0 Å². The van der Waals surface area contributed by atoms with Crippen LogP contribution in [-0.4, -0.2) is 137 Å². The normalized spacial score (nSPS) is 23.1. The summed E-state index contributed by atoms with van der Waals surface area (Å²) in [7, 11) is 1.20. The number of thiophene rings is 1. The predicted octanol–water partition coefficient (Wildman–Crippen LogP) is 9.76. The van der Waals surface area contributed by atoms with Crippen molar-refractivity contribution in [1.82, 2.24) is 24.7 Å². The Morgan fingerprint density at radius 2 is 1.66 bits per heavy atom. The van der Waals surface area contributed by atoms with E-state index >= 15 is 13.2 Å². The van der Waals surface area contributed by atoms with E-state index in [9.17, 15) is 28.4 Å². The maximum atomic E-state index is 17.9. The molecule has 2 unspecified atom stereocenters. The Bertz CT molecular complexity index is 2890. The van der Waals surface area contributed by atoms with E-state index < -0.39 is 88.2 Å². The van der Waals surface area contributed by atoms with Crippen LogP contribution in [0.4, 0.5) is 47.2 Å². The third-order valence-electron chi connectivity index (χ3n) is 13.6. The number of ether oxygens (including phenoxy) is 5. The van der Waals surface area contributed by atoms with E-state index in [-0.39, 0.29) is 94.4 Å². The van der Waals surface area contributed by atoms with Crippen LogP contribution in [0.5, 0.6) is 11.8 Å². The molecule has 380 valence electrons. The lowest BCUT2D eigenvalue weighted by Gasteiger charge is -2.42. The van der Waals surface area contributed by atoms with Gasteiger partial charge < -0.3 is 33.5 Å². The summed E-state index contributed by atoms with van der Waals surface area (Å²) in [6, 6.07) is 2.80. The monoisotopic (exact) mass is 1010 g/mol. The standard InChI is InChI=1S/C49H55F5N8O8S/c1-25-17-48(14-13-28(61(48)19-25)22-67-44(64)59-16-15-49(53,54)23-59)24-68-42-56-37-34(40(57-42)60-20-26-9-10-27(21-60)62(26)45(65)70-47(5,6)7)38(66-8)36(52)33(35(37)51)29-11-12-31(50)39-32(29)30(18-55)41(71-39)58-43(63)69-46(2,3)4/h11-12,26-28H,1,9-10,13-17,19-24H2,2-8H3,(H,58,63)/t26?,27?,28-,48-/m0/s1. The highest BCUT2D eigenvalue weighted by molar-refractivity contribution is 7.23. The highest BCUT2D eigenvalue weighted by Gasteiger charge is 2.52. The molecule has 9 rings (SSSR count). The van der Waals surface area contributed by atoms with Crippen LogP contribution in [0, 0.1) is 28.8 Å². The van der Waals surface area contributed by atoms with Crippen molar-refractivity contribution in [2.45, 2.75) is 121 Å². The van der Waals surface area contributed by atoms with Crippen LogP contribution in [0.15, 0.2) is 24.3 Å². The lowest BCUT2D eigenvalue weighted by Crippen LogP contribution is -2.57. The number of alkyl halides is 2. The summed E-state index contributed by atoms with van der Waals surface area (Å²) in [6.07, 6.45) is 0.173. The van der Waals surface area contributed by atoms with E-state index in [0.717, 1.165) is 22.6 Å². The molecular formula is C49H55F5N8O8S. The number of rotatable bonds is 9. The van der Waals surface area contributed by atoms with Crippen molar-refractivity contribution in [1.29, 1.82) is 5.26 Å². The van der Waals surface area contributed by atoms with Gasteiger partial charge in [-0.1, -0.05) is 18.2 Å². The van der Waals surface area contributed by atoms with Crippen molar-refractivity contribution in [2.75, 3.05) is 63.3 Å². The average molecular weight is 1010 g/mol. The number of halogens is 5. The summed E-state index contributed by atoms with van der Waals surface area (Å²) in [5.41, 5.74) is -3.14. The Balaban J connectivity index is 1.12. The lowest BCUT2D eigenvalue weighted by molar-refractivity contribution is 0.00763. The van der Waals surface area contributed by atoms with Crippen LogP contribution in [0.3, 0.4) is 0 Å². The number of carbonyl (C=O) groups is 3. The molecule has 71 heavy (non-hydrogen) atoms. The molecule has 4 atom stereocenters. The summed E-state index contributed by atoms with van der Waals surface area (Å²) < 4.78 is 108. The number of hydrogen-bond acceptors (Lipinski definition) is 14. The third kappa shape index (κ3) is 9.42. The highest BCUT2D eigenvalue weighted by Crippen LogP contribution is 2.50. The predicted molar refractivity (Wildman–Crippen MR) is 253 cm³/mol. The van der Waals surface area contributed by atoms with E-state index in [1.807, 2.05) is 11.0 Å². The molecule has 1 N–H and O–H groups in total. The van der Waals surface area contributed by atoms with Crippen LogP contribution in [-0.2, 0) is 14.2 Å². The summed E-state index contributed by atoms with van der Waals surface area (Å²) in [5.74, 6) is -6.60. The number of piperazine rings is 1. The fourth-order valence-electron chi connectivity index (χ4n) is 10.7. The number of hydrogen-bond donors (Lipinski definition) is 1. The second-order valence-electron chi connectivity index (χ2n) is 21.0. The van der Waals surface area contributed by atoms with E-state index in [4.69, 9.17) is 28.7 Å². The number of carbonyl (C=O) groups excluding carboxylic acids is 3. The number of nitrogens with one attached hydrogen (secondary N) is 1. The van der Waals surface area contributed by atoms with Crippen molar-refractivity contribution in [2.24, 2.45) is 0 Å². The zero-order valence-electron chi connectivity index (χ0n) is 40.5. The molecule has 2 aromatic carbocycles. The van der Waals surface area contributed by atoms with Gasteiger partial charge >= 0.3 is 24.3 Å². The summed E-state index contributed by atoms with van der Waals surface area (Å²) in [4.78, 5) is 55.2. The Kier molecular flexibility index (Phi) is 12.7. The lowest BCUT2D eigenvalue weighted by atomic mass is 9.94. The van der Waals surface area contributed by atoms with Gasteiger partial charge in [0.25, 0.3) is 5.92 Å². The maximum absolute atomic E-state index is 17.9. The number of likely N-dealkylation sites (tertiary alicyclic amines) is 1. The number of aromatic nitrogens is 2. The molecule has 4 aromatic rings. The van der Waals surface area contributed by atoms with Crippen molar-refractivity contribution in [3.05, 3.63) is 47.3 Å². The van der Waals surface area contributed by atoms with Crippen molar-refractivity contribution < 1.29 is 60.0 Å². The van der Waals surface area contributed by atoms with E-state index in [2.05, 4.69) is 21.8 Å². The largest absolute Gasteiger partial charge is 0.493 e. The van der Waals surface area contributed by atoms with E-state index in [1.165, 1.54) is 7.11 Å². The zero-order chi connectivity index (χ0) is 51.1. The second-order valence-corrected chi connectivity index (χ2v) is 22.0. The van der Waals surface area contributed by atoms with Crippen molar-refractivity contribution in [3.8, 4) is 29.0 Å². The number of fused-ring (bicyclic) bond motifs is 5. The van der Waals surface area contributed by atoms with Gasteiger partial charge in [0.15, 0.2) is 17.4 Å². The van der Waals surface area contributed by atoms with Crippen LogP contribution in [0.2, 0.25) is 0 Å². The first-order valence-corrected chi connectivity index (χ1v) is 24.3. The SMILES string of the molecule is C=C1CN2[C@H](COC(=O)N3CCC(F)(F)C3)CC[C@@]2(COc2nc(N3CC4CCC(C3)N4C(=O)OC(C)(C)C)c3c(OC)c(F)c(-c4ccc(F)c5sc(NC(=O)OC(C)(C)C)c(C#N)c45)c(F)c3n2)C1. The van der Waals surface area contributed by atoms with Gasteiger partial charge in [0.2, 0.25) is 0 Å². The zero-order valence-corrected chi connectivity index (χ0v) is 41.3. The number of methoxy groups -OCH3 is 1. The van der Waals surface area contributed by atoms with Gasteiger partial charge in [-0.15, -0.1) is 11.3 Å². The quantitative estimate of drug-likeness (QED) is 0.0955. The number of amides is 3. The molecule has 2 bridgehead atoms. The van der Waals surface area contributed by atoms with E-state index in [0.29, 0.717) is 50.0 Å². The van der Waals surface area contributed by atoms with Crippen molar-refractivity contribution >= 4 is 61.4 Å². The molecule has 5 aliphatic heterocycles. The number of anilines is 2. The second kappa shape index (κ2) is 18.1. The first kappa shape index (κ1) is 49.8. The Morgan fingerprint density at radius 1 is 0.958 bits per heavy atom. The fourth-order valence-corrected chi connectivity index (χ4v) is 11.8. The average Bonchev–Trinajstić information content (AvgIpc) is 4.07. The minimum atomic E-state index is -2.97. The molecule has 5 fully saturated rings. The first-order chi connectivity index (χ1) is 33.4. The Hall–Kier alpha value is -6.21. The molecule has 0 saturated carbocycles. The first-order valence-electron chi connectivity index (χ1n) is 23.4. The van der Waals surface area contributed by atoms with Crippen LogP contribution >= 0.6 is 11.3 Å². The molecular weight excluding hydrogens is 956 g/mol. The molecule has 2 aromatic heterocycles. The molecule has 0 radical (unpaired) electrons. The van der Waals surface area contributed by atoms with Gasteiger partial charge in [0, 0.05) is 44.0 Å². The maximum Gasteiger partial charge on any atom is 0.412 e. The van der Waals surface area contributed by atoms with Gasteiger partial charge in [-0.25, -0.2) is 36.3 Å². The molecule has 0 aliphatic carbocycles. The van der Waals surface area contributed by atoms with Gasteiger partial charge in [0.05, 0.1) is 52.5 Å². The molecule has 5 aliphatic rings. The minimum Gasteiger partial charge on any atom is -0.493 e. The van der Waals surface area contributed by atoms with Crippen LogP contribution < -0.4 is 19.7 Å². The van der Waals surface area contributed by atoms with Crippen LogP contribution in [0.1, 0.15) is 85.6 Å². The molecule has 16 nitrogen and oxygen atoms in total. The molecule has 5 saturated heterocycles. The summed E-state index contributed by atoms with van der Waals surface area (Å²) in [5, 5.41) is 12.5. The molecule has 7 heterocycles. The number of benzene rings is 2. The summed E-state index contributed by atoms with van der Waals surface area (Å²) in [6.45, 7) is 14.4.